The molecular weight excluding hydrogens is 330 g/mol. The van der Waals surface area contributed by atoms with Crippen LogP contribution in [-0.2, 0) is 17.8 Å². The molecule has 1 amide bonds. The number of piperidine rings is 1. The summed E-state index contributed by atoms with van der Waals surface area (Å²) in [5.41, 5.74) is 2.29. The van der Waals surface area contributed by atoms with E-state index in [0.29, 0.717) is 19.1 Å². The molecule has 0 aliphatic carbocycles. The zero-order chi connectivity index (χ0) is 17.9. The van der Waals surface area contributed by atoms with Gasteiger partial charge >= 0.3 is 0 Å². The molecule has 0 radical (unpaired) electrons. The molecule has 1 fully saturated rings. The highest BCUT2D eigenvalue weighted by atomic mass is 16.5. The molecule has 138 valence electrons. The summed E-state index contributed by atoms with van der Waals surface area (Å²) in [7, 11) is 0. The molecular formula is C20H25N3O3. The van der Waals surface area contributed by atoms with Crippen LogP contribution < -0.4 is 4.74 Å². The molecule has 0 bridgehead atoms. The van der Waals surface area contributed by atoms with Gasteiger partial charge in [-0.2, -0.15) is 5.10 Å². The number of ether oxygens (including phenoxy) is 1. The molecule has 1 aromatic carbocycles. The normalized spacial score (nSPS) is 20.5. The third-order valence-electron chi connectivity index (χ3n) is 5.51. The SMILES string of the molecule is O=C(C1COc2ccccc2C1)N1CCC(c2ccnn2CCO)CC1. The number of amides is 1. The van der Waals surface area contributed by atoms with E-state index in [9.17, 15) is 4.79 Å². The molecule has 1 unspecified atom stereocenters. The molecule has 2 aliphatic heterocycles. The summed E-state index contributed by atoms with van der Waals surface area (Å²) in [5.74, 6) is 1.44. The molecule has 1 N–H and O–H groups in total. The van der Waals surface area contributed by atoms with Crippen LogP contribution in [0.25, 0.3) is 0 Å². The van der Waals surface area contributed by atoms with Gasteiger partial charge in [-0.15, -0.1) is 0 Å². The summed E-state index contributed by atoms with van der Waals surface area (Å²) in [6.45, 7) is 2.63. The first kappa shape index (κ1) is 17.1. The Kier molecular flexibility index (Phi) is 4.93. The average Bonchev–Trinajstić information content (AvgIpc) is 3.16. The first-order valence-electron chi connectivity index (χ1n) is 9.38. The summed E-state index contributed by atoms with van der Waals surface area (Å²) in [4.78, 5) is 14.9. The van der Waals surface area contributed by atoms with Crippen LogP contribution in [0.5, 0.6) is 5.75 Å². The lowest BCUT2D eigenvalue weighted by atomic mass is 9.91. The second-order valence-electron chi connectivity index (χ2n) is 7.12. The molecule has 26 heavy (non-hydrogen) atoms. The Morgan fingerprint density at radius 3 is 2.85 bits per heavy atom. The molecule has 2 aliphatic rings. The summed E-state index contributed by atoms with van der Waals surface area (Å²) in [6, 6.07) is 10.0. The molecule has 0 saturated carbocycles. The second kappa shape index (κ2) is 7.50. The minimum absolute atomic E-state index is 0.0821. The highest BCUT2D eigenvalue weighted by molar-refractivity contribution is 5.80. The maximum absolute atomic E-state index is 12.9. The molecule has 1 saturated heterocycles. The predicted octanol–water partition coefficient (Wildman–Crippen LogP) is 1.83. The van der Waals surface area contributed by atoms with Crippen LogP contribution in [0.2, 0.25) is 0 Å². The Balaban J connectivity index is 1.36. The van der Waals surface area contributed by atoms with Gasteiger partial charge in [0.05, 0.1) is 19.1 Å². The van der Waals surface area contributed by atoms with Gasteiger partial charge < -0.3 is 14.7 Å². The van der Waals surface area contributed by atoms with Crippen LogP contribution >= 0.6 is 0 Å². The van der Waals surface area contributed by atoms with Crippen LogP contribution in [0.15, 0.2) is 36.5 Å². The number of para-hydroxylation sites is 1. The summed E-state index contributed by atoms with van der Waals surface area (Å²) in [6.07, 6.45) is 4.43. The molecule has 0 spiro atoms. The molecule has 6 nitrogen and oxygen atoms in total. The largest absolute Gasteiger partial charge is 0.492 e. The quantitative estimate of drug-likeness (QED) is 0.909. The van der Waals surface area contributed by atoms with Crippen molar-refractivity contribution in [1.29, 1.82) is 0 Å². The van der Waals surface area contributed by atoms with Crippen LogP contribution in [0.1, 0.15) is 30.0 Å². The number of fused-ring (bicyclic) bond motifs is 1. The van der Waals surface area contributed by atoms with E-state index in [1.165, 1.54) is 5.69 Å². The van der Waals surface area contributed by atoms with Crippen LogP contribution in [0.4, 0.5) is 0 Å². The zero-order valence-corrected chi connectivity index (χ0v) is 14.9. The van der Waals surface area contributed by atoms with Crippen molar-refractivity contribution in [3.63, 3.8) is 0 Å². The van der Waals surface area contributed by atoms with Crippen molar-refractivity contribution in [1.82, 2.24) is 14.7 Å². The summed E-state index contributed by atoms with van der Waals surface area (Å²) >= 11 is 0. The molecule has 1 atom stereocenters. The Labute approximate surface area is 153 Å². The third-order valence-corrected chi connectivity index (χ3v) is 5.51. The van der Waals surface area contributed by atoms with E-state index in [4.69, 9.17) is 9.84 Å². The van der Waals surface area contributed by atoms with E-state index >= 15 is 0 Å². The minimum Gasteiger partial charge on any atom is -0.492 e. The number of carbonyl (C=O) groups is 1. The van der Waals surface area contributed by atoms with Gasteiger partial charge in [0.25, 0.3) is 0 Å². The van der Waals surface area contributed by atoms with Crippen molar-refractivity contribution in [2.45, 2.75) is 31.7 Å². The lowest BCUT2D eigenvalue weighted by molar-refractivity contribution is -0.138. The standard InChI is InChI=1S/C20H25N3O3/c24-12-11-23-18(5-8-21-23)15-6-9-22(10-7-15)20(25)17-13-16-3-1-2-4-19(16)26-14-17/h1-5,8,15,17,24H,6-7,9-14H2. The van der Waals surface area contributed by atoms with Gasteiger partial charge in [0, 0.05) is 30.9 Å². The number of hydrogen-bond donors (Lipinski definition) is 1. The number of carbonyl (C=O) groups excluding carboxylic acids is 1. The van der Waals surface area contributed by atoms with Crippen LogP contribution in [0, 0.1) is 5.92 Å². The van der Waals surface area contributed by atoms with Crippen molar-refractivity contribution < 1.29 is 14.6 Å². The van der Waals surface area contributed by atoms with Crippen LogP contribution in [0.3, 0.4) is 0 Å². The lowest BCUT2D eigenvalue weighted by Crippen LogP contribution is -2.44. The Bertz CT molecular complexity index is 765. The smallest absolute Gasteiger partial charge is 0.229 e. The molecule has 2 aromatic rings. The number of nitrogens with zero attached hydrogens (tertiary/aromatic N) is 3. The van der Waals surface area contributed by atoms with Crippen molar-refractivity contribution in [2.75, 3.05) is 26.3 Å². The fourth-order valence-corrected chi connectivity index (χ4v) is 4.11. The van der Waals surface area contributed by atoms with E-state index < -0.39 is 0 Å². The Morgan fingerprint density at radius 2 is 2.04 bits per heavy atom. The molecule has 3 heterocycles. The van der Waals surface area contributed by atoms with Gasteiger partial charge in [-0.25, -0.2) is 0 Å². The number of hydrogen-bond acceptors (Lipinski definition) is 4. The van der Waals surface area contributed by atoms with Crippen molar-refractivity contribution in [3.8, 4) is 5.75 Å². The highest BCUT2D eigenvalue weighted by Gasteiger charge is 2.32. The van der Waals surface area contributed by atoms with E-state index in [1.54, 1.807) is 6.20 Å². The lowest BCUT2D eigenvalue weighted by Gasteiger charge is -2.35. The van der Waals surface area contributed by atoms with E-state index in [0.717, 1.165) is 43.7 Å². The highest BCUT2D eigenvalue weighted by Crippen LogP contribution is 2.31. The molecule has 4 rings (SSSR count). The van der Waals surface area contributed by atoms with Crippen molar-refractivity contribution in [3.05, 3.63) is 47.8 Å². The molecule has 6 heteroatoms. The Morgan fingerprint density at radius 1 is 1.23 bits per heavy atom. The predicted molar refractivity (Wildman–Crippen MR) is 97.0 cm³/mol. The number of aliphatic hydroxyl groups is 1. The fraction of sp³-hybridized carbons (Fsp3) is 0.500. The van der Waals surface area contributed by atoms with Gasteiger partial charge in [-0.05, 0) is 37.0 Å². The number of aromatic nitrogens is 2. The number of aliphatic hydroxyl groups excluding tert-OH is 1. The van der Waals surface area contributed by atoms with Crippen LogP contribution in [-0.4, -0.2) is 52.0 Å². The maximum atomic E-state index is 12.9. The van der Waals surface area contributed by atoms with E-state index in [-0.39, 0.29) is 18.4 Å². The third kappa shape index (κ3) is 3.33. The van der Waals surface area contributed by atoms with Gasteiger partial charge in [0.15, 0.2) is 0 Å². The van der Waals surface area contributed by atoms with Gasteiger partial charge in [-0.1, -0.05) is 18.2 Å². The first-order valence-corrected chi connectivity index (χ1v) is 9.38. The van der Waals surface area contributed by atoms with E-state index in [1.807, 2.05) is 39.9 Å². The summed E-state index contributed by atoms with van der Waals surface area (Å²) < 4.78 is 7.67. The number of likely N-dealkylation sites (tertiary alicyclic amines) is 1. The zero-order valence-electron chi connectivity index (χ0n) is 14.9. The number of rotatable bonds is 4. The average molecular weight is 355 g/mol. The van der Waals surface area contributed by atoms with Crippen molar-refractivity contribution >= 4 is 5.91 Å². The summed E-state index contributed by atoms with van der Waals surface area (Å²) in [5, 5.41) is 13.5. The van der Waals surface area contributed by atoms with Gasteiger partial charge in [-0.3, -0.25) is 9.48 Å². The second-order valence-corrected chi connectivity index (χ2v) is 7.12. The first-order chi connectivity index (χ1) is 12.8. The van der Waals surface area contributed by atoms with Gasteiger partial charge in [0.1, 0.15) is 12.4 Å². The molecule has 1 aromatic heterocycles. The Hall–Kier alpha value is -2.34. The van der Waals surface area contributed by atoms with E-state index in [2.05, 4.69) is 5.10 Å². The minimum atomic E-state index is -0.0821. The van der Waals surface area contributed by atoms with Gasteiger partial charge in [0.2, 0.25) is 5.91 Å². The number of benzene rings is 1. The topological polar surface area (TPSA) is 67.6 Å². The van der Waals surface area contributed by atoms with Crippen molar-refractivity contribution in [2.24, 2.45) is 5.92 Å². The fourth-order valence-electron chi connectivity index (χ4n) is 4.11. The maximum Gasteiger partial charge on any atom is 0.229 e. The monoisotopic (exact) mass is 355 g/mol.